The van der Waals surface area contributed by atoms with Crippen LogP contribution in [0.4, 0.5) is 4.79 Å². The van der Waals surface area contributed by atoms with Crippen LogP contribution < -0.4 is 5.43 Å². The number of nitrogens with one attached hydrogen (secondary N) is 1. The van der Waals surface area contributed by atoms with Gasteiger partial charge in [0.1, 0.15) is 6.04 Å². The molecule has 1 N–H and O–H groups in total. The first kappa shape index (κ1) is 11.8. The summed E-state index contributed by atoms with van der Waals surface area (Å²) in [4.78, 5) is 22.6. The van der Waals surface area contributed by atoms with Gasteiger partial charge in [0.05, 0.1) is 13.7 Å². The Bertz CT molecular complexity index is 244. The van der Waals surface area contributed by atoms with E-state index in [-0.39, 0.29) is 5.97 Å². The van der Waals surface area contributed by atoms with Crippen LogP contribution in [0.2, 0.25) is 0 Å². The van der Waals surface area contributed by atoms with Crippen molar-refractivity contribution in [1.82, 2.24) is 10.4 Å². The third kappa shape index (κ3) is 3.09. The number of amides is 1. The van der Waals surface area contributed by atoms with Crippen LogP contribution in [-0.4, -0.2) is 43.4 Å². The highest BCUT2D eigenvalue weighted by atomic mass is 16.6. The molecule has 1 saturated heterocycles. The molecule has 1 unspecified atom stereocenters. The van der Waals surface area contributed by atoms with Crippen molar-refractivity contribution >= 4 is 12.1 Å². The van der Waals surface area contributed by atoms with E-state index in [2.05, 4.69) is 10.2 Å². The van der Waals surface area contributed by atoms with Gasteiger partial charge in [-0.3, -0.25) is 4.79 Å². The van der Waals surface area contributed by atoms with E-state index in [1.807, 2.05) is 0 Å². The van der Waals surface area contributed by atoms with Crippen LogP contribution >= 0.6 is 0 Å². The first-order valence-electron chi connectivity index (χ1n) is 4.97. The lowest BCUT2D eigenvalue weighted by Gasteiger charge is -2.31. The van der Waals surface area contributed by atoms with Gasteiger partial charge in [0.15, 0.2) is 0 Å². The van der Waals surface area contributed by atoms with E-state index in [0.717, 1.165) is 6.42 Å². The average molecular weight is 216 g/mol. The van der Waals surface area contributed by atoms with Crippen molar-refractivity contribution in [3.63, 3.8) is 0 Å². The molecule has 6 heteroatoms. The molecule has 86 valence electrons. The predicted octanol–water partition coefficient (Wildman–Crippen LogP) is 0.285. The molecule has 1 amide bonds. The van der Waals surface area contributed by atoms with Crippen LogP contribution in [0.1, 0.15) is 19.8 Å². The number of carbonyl (C=O) groups is 2. The van der Waals surface area contributed by atoms with Crippen molar-refractivity contribution in [2.45, 2.75) is 25.8 Å². The maximum Gasteiger partial charge on any atom is 0.424 e. The van der Waals surface area contributed by atoms with E-state index in [1.54, 1.807) is 6.92 Å². The second-order valence-corrected chi connectivity index (χ2v) is 3.20. The van der Waals surface area contributed by atoms with Crippen LogP contribution in [-0.2, 0) is 14.3 Å². The summed E-state index contributed by atoms with van der Waals surface area (Å²) in [5.74, 6) is -0.357. The van der Waals surface area contributed by atoms with Crippen LogP contribution in [0.15, 0.2) is 0 Å². The minimum Gasteiger partial charge on any atom is -0.468 e. The summed E-state index contributed by atoms with van der Waals surface area (Å²) in [6.45, 7) is 2.60. The van der Waals surface area contributed by atoms with Crippen LogP contribution in [0, 0.1) is 0 Å². The standard InChI is InChI=1S/C9H16N2O4/c1-3-15-9(13)11-6-4-5-7(10-11)8(12)14-2/h7,10H,3-6H2,1-2H3. The summed E-state index contributed by atoms with van der Waals surface area (Å²) in [5.41, 5.74) is 2.77. The van der Waals surface area contributed by atoms with Gasteiger partial charge in [0.25, 0.3) is 0 Å². The second-order valence-electron chi connectivity index (χ2n) is 3.20. The van der Waals surface area contributed by atoms with Crippen LogP contribution in [0.3, 0.4) is 0 Å². The average Bonchev–Trinajstić information content (AvgIpc) is 2.28. The molecule has 1 aliphatic rings. The monoisotopic (exact) mass is 216 g/mol. The summed E-state index contributed by atoms with van der Waals surface area (Å²) in [6.07, 6.45) is 0.972. The van der Waals surface area contributed by atoms with Gasteiger partial charge >= 0.3 is 12.1 Å². The number of nitrogens with zero attached hydrogens (tertiary/aromatic N) is 1. The molecular weight excluding hydrogens is 200 g/mol. The topological polar surface area (TPSA) is 67.9 Å². The predicted molar refractivity (Wildman–Crippen MR) is 51.9 cm³/mol. The molecule has 0 aromatic rings. The largest absolute Gasteiger partial charge is 0.468 e. The van der Waals surface area contributed by atoms with Gasteiger partial charge in [-0.15, -0.1) is 0 Å². The zero-order valence-corrected chi connectivity index (χ0v) is 8.99. The van der Waals surface area contributed by atoms with Crippen LogP contribution in [0.25, 0.3) is 0 Å². The summed E-state index contributed by atoms with van der Waals surface area (Å²) >= 11 is 0. The van der Waals surface area contributed by atoms with Gasteiger partial charge in [-0.25, -0.2) is 15.2 Å². The fourth-order valence-electron chi connectivity index (χ4n) is 1.43. The highest BCUT2D eigenvalue weighted by Gasteiger charge is 2.28. The number of hydrazine groups is 1. The Balaban J connectivity index is 2.48. The Labute approximate surface area is 88.5 Å². The highest BCUT2D eigenvalue weighted by molar-refractivity contribution is 5.76. The van der Waals surface area contributed by atoms with Crippen molar-refractivity contribution in [2.24, 2.45) is 0 Å². The quantitative estimate of drug-likeness (QED) is 0.672. The van der Waals surface area contributed by atoms with E-state index in [4.69, 9.17) is 4.74 Å². The lowest BCUT2D eigenvalue weighted by atomic mass is 10.1. The number of hydrogen-bond acceptors (Lipinski definition) is 5. The molecule has 1 fully saturated rings. The highest BCUT2D eigenvalue weighted by Crippen LogP contribution is 2.09. The third-order valence-corrected chi connectivity index (χ3v) is 2.16. The molecule has 0 bridgehead atoms. The number of esters is 1. The van der Waals surface area contributed by atoms with E-state index < -0.39 is 12.1 Å². The van der Waals surface area contributed by atoms with Crippen molar-refractivity contribution in [3.05, 3.63) is 0 Å². The second kappa shape index (κ2) is 5.55. The summed E-state index contributed by atoms with van der Waals surface area (Å²) < 4.78 is 9.41. The Morgan fingerprint density at radius 3 is 2.87 bits per heavy atom. The molecule has 0 aromatic heterocycles. The Kier molecular flexibility index (Phi) is 4.36. The van der Waals surface area contributed by atoms with Crippen molar-refractivity contribution in [2.75, 3.05) is 20.3 Å². The first-order chi connectivity index (χ1) is 7.19. The van der Waals surface area contributed by atoms with E-state index >= 15 is 0 Å². The number of rotatable bonds is 2. The maximum atomic E-state index is 11.3. The molecule has 0 radical (unpaired) electrons. The lowest BCUT2D eigenvalue weighted by molar-refractivity contribution is -0.145. The zero-order chi connectivity index (χ0) is 11.3. The van der Waals surface area contributed by atoms with Gasteiger partial charge in [-0.05, 0) is 19.8 Å². The minimum atomic E-state index is -0.453. The van der Waals surface area contributed by atoms with Gasteiger partial charge in [0, 0.05) is 6.54 Å². The number of carbonyl (C=O) groups excluding carboxylic acids is 2. The van der Waals surface area contributed by atoms with Gasteiger partial charge in [0.2, 0.25) is 0 Å². The number of methoxy groups -OCH3 is 1. The molecule has 0 aliphatic carbocycles. The molecule has 0 saturated carbocycles. The Morgan fingerprint density at radius 1 is 1.53 bits per heavy atom. The van der Waals surface area contributed by atoms with E-state index in [9.17, 15) is 9.59 Å². The van der Waals surface area contributed by atoms with Crippen molar-refractivity contribution in [3.8, 4) is 0 Å². The molecule has 0 aromatic carbocycles. The fraction of sp³-hybridized carbons (Fsp3) is 0.778. The molecule has 6 nitrogen and oxygen atoms in total. The third-order valence-electron chi connectivity index (χ3n) is 2.16. The molecule has 1 aliphatic heterocycles. The maximum absolute atomic E-state index is 11.3. The Hall–Kier alpha value is -1.30. The minimum absolute atomic E-state index is 0.319. The first-order valence-corrected chi connectivity index (χ1v) is 4.97. The SMILES string of the molecule is CCOC(=O)N1CCCC(C(=O)OC)N1. The Morgan fingerprint density at radius 2 is 2.27 bits per heavy atom. The smallest absolute Gasteiger partial charge is 0.424 e. The summed E-state index contributed by atoms with van der Waals surface area (Å²) in [6, 6.07) is -0.451. The molecule has 15 heavy (non-hydrogen) atoms. The lowest BCUT2D eigenvalue weighted by Crippen LogP contribution is -2.55. The van der Waals surface area contributed by atoms with Crippen molar-refractivity contribution in [1.29, 1.82) is 0 Å². The van der Waals surface area contributed by atoms with Gasteiger partial charge in [-0.2, -0.15) is 0 Å². The molecular formula is C9H16N2O4. The van der Waals surface area contributed by atoms with Gasteiger partial charge in [-0.1, -0.05) is 0 Å². The summed E-state index contributed by atoms with van der Waals surface area (Å²) in [7, 11) is 1.33. The number of ether oxygens (including phenoxy) is 2. The van der Waals surface area contributed by atoms with Crippen LogP contribution in [0.5, 0.6) is 0 Å². The number of hydrogen-bond donors (Lipinski definition) is 1. The zero-order valence-electron chi connectivity index (χ0n) is 8.99. The molecule has 1 atom stereocenters. The molecule has 1 heterocycles. The molecule has 0 spiro atoms. The van der Waals surface area contributed by atoms with E-state index in [1.165, 1.54) is 12.1 Å². The van der Waals surface area contributed by atoms with Crippen molar-refractivity contribution < 1.29 is 19.1 Å². The normalized spacial score (nSPS) is 20.9. The molecule has 1 rings (SSSR count). The van der Waals surface area contributed by atoms with Gasteiger partial charge < -0.3 is 9.47 Å². The fourth-order valence-corrected chi connectivity index (χ4v) is 1.43. The summed E-state index contributed by atoms with van der Waals surface area (Å²) in [5, 5.41) is 1.31. The van der Waals surface area contributed by atoms with E-state index in [0.29, 0.717) is 19.6 Å².